The van der Waals surface area contributed by atoms with Crippen molar-refractivity contribution in [1.29, 1.82) is 0 Å². The van der Waals surface area contributed by atoms with E-state index in [-0.39, 0.29) is 0 Å². The first kappa shape index (κ1) is 16.3. The fourth-order valence-corrected chi connectivity index (χ4v) is 3.97. The van der Waals surface area contributed by atoms with Gasteiger partial charge in [-0.1, -0.05) is 28.4 Å². The minimum Gasteiger partial charge on any atom is -0.362 e. The molecule has 0 bridgehead atoms. The van der Waals surface area contributed by atoms with Crippen LogP contribution in [-0.4, -0.2) is 15.1 Å². The lowest BCUT2D eigenvalue weighted by molar-refractivity contribution is 0.390. The van der Waals surface area contributed by atoms with E-state index in [0.29, 0.717) is 28.0 Å². The Bertz CT molecular complexity index is 1040. The Morgan fingerprint density at radius 2 is 1.92 bits per heavy atom. The molecule has 0 radical (unpaired) electrons. The van der Waals surface area contributed by atoms with Gasteiger partial charge in [0.05, 0.1) is 11.9 Å². The minimum atomic E-state index is 0.461. The molecule has 0 aliphatic carbocycles. The zero-order chi connectivity index (χ0) is 17.4. The SMILES string of the molecule is Cc1csc2ncnc(NCc3cc(-c4cc(Cl)cc(Cl)c4)no3)c12. The molecule has 25 heavy (non-hydrogen) atoms. The number of nitrogens with one attached hydrogen (secondary N) is 1. The predicted molar refractivity (Wildman–Crippen MR) is 101 cm³/mol. The Balaban J connectivity index is 1.56. The molecule has 3 aromatic heterocycles. The van der Waals surface area contributed by atoms with Gasteiger partial charge in [-0.05, 0) is 36.1 Å². The van der Waals surface area contributed by atoms with E-state index in [1.54, 1.807) is 35.9 Å². The largest absolute Gasteiger partial charge is 0.362 e. The molecule has 0 fully saturated rings. The number of aryl methyl sites for hydroxylation is 1. The summed E-state index contributed by atoms with van der Waals surface area (Å²) in [5, 5.41) is 11.6. The summed E-state index contributed by atoms with van der Waals surface area (Å²) in [6, 6.07) is 7.13. The zero-order valence-electron chi connectivity index (χ0n) is 13.1. The lowest BCUT2D eigenvalue weighted by Crippen LogP contribution is -2.01. The molecule has 5 nitrogen and oxygen atoms in total. The van der Waals surface area contributed by atoms with Crippen molar-refractivity contribution >= 4 is 50.6 Å². The van der Waals surface area contributed by atoms with Gasteiger partial charge in [0.15, 0.2) is 5.76 Å². The number of thiophene rings is 1. The van der Waals surface area contributed by atoms with Gasteiger partial charge in [-0.15, -0.1) is 11.3 Å². The predicted octanol–water partition coefficient (Wildman–Crippen LogP) is 5.57. The fraction of sp³-hybridized carbons (Fsp3) is 0.118. The number of halogens is 2. The molecule has 1 aromatic carbocycles. The van der Waals surface area contributed by atoms with Crippen LogP contribution in [0.3, 0.4) is 0 Å². The maximum absolute atomic E-state index is 6.04. The van der Waals surface area contributed by atoms with Gasteiger partial charge in [0.1, 0.15) is 22.7 Å². The molecule has 1 N–H and O–H groups in total. The highest BCUT2D eigenvalue weighted by Crippen LogP contribution is 2.29. The fourth-order valence-electron chi connectivity index (χ4n) is 2.56. The molecule has 8 heteroatoms. The van der Waals surface area contributed by atoms with E-state index >= 15 is 0 Å². The molecule has 3 heterocycles. The minimum absolute atomic E-state index is 0.461. The standard InChI is InChI=1S/C17H12Cl2N4OS/c1-9-7-25-17-15(9)16(21-8-22-17)20-6-13-5-14(23-24-13)10-2-11(18)4-12(19)3-10/h2-5,7-8H,6H2,1H3,(H,20,21,22). The topological polar surface area (TPSA) is 63.8 Å². The van der Waals surface area contributed by atoms with E-state index in [1.165, 1.54) is 0 Å². The number of rotatable bonds is 4. The van der Waals surface area contributed by atoms with Gasteiger partial charge in [0.25, 0.3) is 0 Å². The van der Waals surface area contributed by atoms with Crippen molar-refractivity contribution in [3.8, 4) is 11.3 Å². The summed E-state index contributed by atoms with van der Waals surface area (Å²) in [6.45, 7) is 2.51. The summed E-state index contributed by atoms with van der Waals surface area (Å²) in [6.07, 6.45) is 1.56. The maximum atomic E-state index is 6.04. The molecule has 0 aliphatic heterocycles. The lowest BCUT2D eigenvalue weighted by Gasteiger charge is -2.04. The molecule has 0 saturated carbocycles. The van der Waals surface area contributed by atoms with Crippen LogP contribution < -0.4 is 5.32 Å². The van der Waals surface area contributed by atoms with Crippen molar-refractivity contribution in [1.82, 2.24) is 15.1 Å². The van der Waals surface area contributed by atoms with Crippen molar-refractivity contribution in [2.24, 2.45) is 0 Å². The number of hydrogen-bond acceptors (Lipinski definition) is 6. The second kappa shape index (κ2) is 6.63. The summed E-state index contributed by atoms with van der Waals surface area (Å²) in [7, 11) is 0. The van der Waals surface area contributed by atoms with Crippen molar-refractivity contribution in [2.45, 2.75) is 13.5 Å². The van der Waals surface area contributed by atoms with Gasteiger partial charge in [-0.2, -0.15) is 0 Å². The number of anilines is 1. The van der Waals surface area contributed by atoms with E-state index in [9.17, 15) is 0 Å². The van der Waals surface area contributed by atoms with E-state index in [0.717, 1.165) is 27.2 Å². The summed E-state index contributed by atoms with van der Waals surface area (Å²) in [5.41, 5.74) is 2.64. The van der Waals surface area contributed by atoms with E-state index in [2.05, 4.69) is 25.8 Å². The van der Waals surface area contributed by atoms with Gasteiger partial charge >= 0.3 is 0 Å². The molecule has 0 spiro atoms. The van der Waals surface area contributed by atoms with Gasteiger partial charge in [0, 0.05) is 21.7 Å². The Hall–Kier alpha value is -2.15. The number of fused-ring (bicyclic) bond motifs is 1. The average molecular weight is 391 g/mol. The van der Waals surface area contributed by atoms with Gasteiger partial charge in [0.2, 0.25) is 0 Å². The molecule has 4 rings (SSSR count). The van der Waals surface area contributed by atoms with Crippen molar-refractivity contribution < 1.29 is 4.52 Å². The number of nitrogens with zero attached hydrogens (tertiary/aromatic N) is 3. The maximum Gasteiger partial charge on any atom is 0.156 e. The molecule has 0 aliphatic rings. The molecule has 0 atom stereocenters. The molecule has 4 aromatic rings. The Morgan fingerprint density at radius 3 is 2.72 bits per heavy atom. The number of hydrogen-bond donors (Lipinski definition) is 1. The van der Waals surface area contributed by atoms with Crippen molar-refractivity contribution in [3.05, 3.63) is 57.3 Å². The molecule has 0 amide bonds. The van der Waals surface area contributed by atoms with Crippen LogP contribution in [0.25, 0.3) is 21.5 Å². The molecule has 126 valence electrons. The lowest BCUT2D eigenvalue weighted by atomic mass is 10.1. The Kier molecular flexibility index (Phi) is 4.33. The van der Waals surface area contributed by atoms with E-state index in [4.69, 9.17) is 27.7 Å². The third-order valence-electron chi connectivity index (χ3n) is 3.70. The second-order valence-electron chi connectivity index (χ2n) is 5.51. The smallest absolute Gasteiger partial charge is 0.156 e. The van der Waals surface area contributed by atoms with Crippen LogP contribution in [0.5, 0.6) is 0 Å². The number of aromatic nitrogens is 3. The first-order chi connectivity index (χ1) is 12.1. The van der Waals surface area contributed by atoms with Gasteiger partial charge in [-0.25, -0.2) is 9.97 Å². The quantitative estimate of drug-likeness (QED) is 0.493. The third-order valence-corrected chi connectivity index (χ3v) is 5.14. The highest BCUT2D eigenvalue weighted by Gasteiger charge is 2.11. The second-order valence-corrected chi connectivity index (χ2v) is 7.24. The van der Waals surface area contributed by atoms with Crippen LogP contribution >= 0.6 is 34.5 Å². The first-order valence-corrected chi connectivity index (χ1v) is 9.08. The van der Waals surface area contributed by atoms with Crippen LogP contribution in [-0.2, 0) is 6.54 Å². The normalized spacial score (nSPS) is 11.2. The zero-order valence-corrected chi connectivity index (χ0v) is 15.4. The van der Waals surface area contributed by atoms with Crippen LogP contribution in [0.15, 0.2) is 40.5 Å². The van der Waals surface area contributed by atoms with Gasteiger partial charge < -0.3 is 9.84 Å². The average Bonchev–Trinajstić information content (AvgIpc) is 3.20. The Morgan fingerprint density at radius 1 is 1.12 bits per heavy atom. The van der Waals surface area contributed by atoms with Crippen molar-refractivity contribution in [3.63, 3.8) is 0 Å². The summed E-state index contributed by atoms with van der Waals surface area (Å²) < 4.78 is 5.40. The molecular weight excluding hydrogens is 379 g/mol. The first-order valence-electron chi connectivity index (χ1n) is 7.45. The van der Waals surface area contributed by atoms with E-state index < -0.39 is 0 Å². The highest BCUT2D eigenvalue weighted by atomic mass is 35.5. The third kappa shape index (κ3) is 3.33. The molecule has 0 saturated heterocycles. The van der Waals surface area contributed by atoms with Crippen LogP contribution in [0.2, 0.25) is 10.0 Å². The summed E-state index contributed by atoms with van der Waals surface area (Å²) in [4.78, 5) is 9.58. The van der Waals surface area contributed by atoms with Gasteiger partial charge in [-0.3, -0.25) is 0 Å². The van der Waals surface area contributed by atoms with Crippen LogP contribution in [0.4, 0.5) is 5.82 Å². The highest BCUT2D eigenvalue weighted by molar-refractivity contribution is 7.17. The molecular formula is C17H12Cl2N4OS. The van der Waals surface area contributed by atoms with Crippen molar-refractivity contribution in [2.75, 3.05) is 5.32 Å². The molecule has 0 unspecified atom stereocenters. The monoisotopic (exact) mass is 390 g/mol. The van der Waals surface area contributed by atoms with Crippen LogP contribution in [0, 0.1) is 6.92 Å². The summed E-state index contributed by atoms with van der Waals surface area (Å²) >= 11 is 13.7. The van der Waals surface area contributed by atoms with Crippen LogP contribution in [0.1, 0.15) is 11.3 Å². The number of benzene rings is 1. The Labute approximate surface area is 157 Å². The summed E-state index contributed by atoms with van der Waals surface area (Å²) in [5.74, 6) is 1.47. The van der Waals surface area contributed by atoms with E-state index in [1.807, 2.05) is 13.0 Å².